The van der Waals surface area contributed by atoms with Crippen molar-refractivity contribution in [2.45, 2.75) is 32.4 Å². The van der Waals surface area contributed by atoms with Crippen LogP contribution in [0.1, 0.15) is 20.8 Å². The summed E-state index contributed by atoms with van der Waals surface area (Å²) in [6, 6.07) is -0.748. The average Bonchev–Trinajstić information content (AvgIpc) is 2.33. The molecule has 5 heteroatoms. The van der Waals surface area contributed by atoms with E-state index >= 15 is 0 Å². The van der Waals surface area contributed by atoms with Gasteiger partial charge in [0, 0.05) is 5.41 Å². The van der Waals surface area contributed by atoms with Crippen molar-refractivity contribution >= 4 is 12.1 Å². The van der Waals surface area contributed by atoms with E-state index in [4.69, 9.17) is 4.74 Å². The van der Waals surface area contributed by atoms with Crippen LogP contribution < -0.4 is 5.32 Å². The first-order chi connectivity index (χ1) is 9.30. The maximum atomic E-state index is 11.9. The van der Waals surface area contributed by atoms with Gasteiger partial charge in [0.15, 0.2) is 0 Å². The third-order valence-electron chi connectivity index (χ3n) is 6.96. The van der Waals surface area contributed by atoms with E-state index in [-0.39, 0.29) is 5.41 Å². The van der Waals surface area contributed by atoms with Crippen molar-refractivity contribution in [3.8, 4) is 0 Å². The van der Waals surface area contributed by atoms with Crippen molar-refractivity contribution < 1.29 is 19.4 Å². The number of nitrogens with one attached hydrogen (secondary N) is 1. The number of hydrogen-bond donors (Lipinski definition) is 2. The lowest BCUT2D eigenvalue weighted by Crippen LogP contribution is -3.08. The molecule has 0 aromatic heterocycles. The number of carboxylic acid groups (broad SMARTS) is 1. The van der Waals surface area contributed by atoms with Crippen LogP contribution in [-0.2, 0) is 9.53 Å². The van der Waals surface area contributed by atoms with Crippen molar-refractivity contribution in [3.63, 3.8) is 0 Å². The third-order valence-corrected chi connectivity index (χ3v) is 6.96. The molecule has 1 amide bonds. The number of carbonyl (C=O) groups is 2. The van der Waals surface area contributed by atoms with Gasteiger partial charge in [0.2, 0.25) is 0 Å². The molecule has 0 saturated heterocycles. The summed E-state index contributed by atoms with van der Waals surface area (Å²) in [7, 11) is 0. The first-order valence-electron chi connectivity index (χ1n) is 7.52. The van der Waals surface area contributed by atoms with Gasteiger partial charge < -0.3 is 15.2 Å². The van der Waals surface area contributed by atoms with Gasteiger partial charge in [0.05, 0.1) is 0 Å². The summed E-state index contributed by atoms with van der Waals surface area (Å²) < 4.78 is 5.22. The first-order valence-corrected chi connectivity index (χ1v) is 7.52. The van der Waals surface area contributed by atoms with Crippen LogP contribution in [0, 0.1) is 46.8 Å². The van der Waals surface area contributed by atoms with Crippen molar-refractivity contribution in [1.82, 2.24) is 5.32 Å². The summed E-state index contributed by atoms with van der Waals surface area (Å²) in [5.41, 5.74) is -0.698. The Morgan fingerprint density at radius 2 is 1.60 bits per heavy atom. The van der Waals surface area contributed by atoms with Crippen LogP contribution in [-0.4, -0.2) is 28.8 Å². The van der Waals surface area contributed by atoms with Crippen LogP contribution in [0.3, 0.4) is 0 Å². The second-order valence-corrected chi connectivity index (χ2v) is 8.30. The molecule has 5 nitrogen and oxygen atoms in total. The highest BCUT2D eigenvalue weighted by atomic mass is 16.6. The smallest absolute Gasteiger partial charge is 0.408 e. The van der Waals surface area contributed by atoms with Gasteiger partial charge >= 0.3 is 12.1 Å². The van der Waals surface area contributed by atoms with E-state index in [2.05, 4.69) is 5.32 Å². The van der Waals surface area contributed by atoms with E-state index < -0.39 is 23.7 Å². The number of alkyl carbamates (subject to hydrolysis) is 1. The second kappa shape index (κ2) is 2.72. The first kappa shape index (κ1) is 11.4. The highest BCUT2D eigenvalue weighted by Gasteiger charge is 3.05. The Bertz CT molecular complexity index is 512. The van der Waals surface area contributed by atoms with Crippen LogP contribution in [0.5, 0.6) is 0 Å². The number of rotatable bonds is 3. The van der Waals surface area contributed by atoms with Crippen LogP contribution in [0.25, 0.3) is 0 Å². The molecule has 6 aliphatic rings. The maximum Gasteiger partial charge on any atom is 0.408 e. The molecule has 6 fully saturated rings. The Hall–Kier alpha value is -1.26. The minimum atomic E-state index is -0.897. The fourth-order valence-corrected chi connectivity index (χ4v) is 6.92. The summed E-state index contributed by atoms with van der Waals surface area (Å²) in [5.74, 6) is 4.21. The van der Waals surface area contributed by atoms with Gasteiger partial charge in [0.25, 0.3) is 0 Å². The lowest BCUT2D eigenvalue weighted by Gasteiger charge is -3.08. The molecule has 0 radical (unpaired) electrons. The van der Waals surface area contributed by atoms with E-state index in [0.29, 0.717) is 17.8 Å². The number of carbonyl (C=O) groups excluding carboxylic acids is 1. The minimum absolute atomic E-state index is 0.0997. The van der Waals surface area contributed by atoms with Gasteiger partial charge in [-0.3, -0.25) is 0 Å². The van der Waals surface area contributed by atoms with E-state index in [1.807, 2.05) is 0 Å². The molecule has 0 aromatic rings. The van der Waals surface area contributed by atoms with Gasteiger partial charge in [-0.2, -0.15) is 0 Å². The predicted molar refractivity (Wildman–Crippen MR) is 67.7 cm³/mol. The Balaban J connectivity index is 1.36. The Labute approximate surface area is 117 Å². The minimum Gasteiger partial charge on any atom is -0.480 e. The molecule has 0 heterocycles. The highest BCUT2D eigenvalue weighted by Crippen LogP contribution is 3.06. The lowest BCUT2D eigenvalue weighted by molar-refractivity contribution is -0.617. The van der Waals surface area contributed by atoms with Gasteiger partial charge in [-0.1, -0.05) is 0 Å². The monoisotopic (exact) mass is 277 g/mol. The largest absolute Gasteiger partial charge is 0.480 e. The summed E-state index contributed by atoms with van der Waals surface area (Å²) in [5, 5.41) is 12.2. The zero-order valence-electron chi connectivity index (χ0n) is 11.8. The SMILES string of the molecule is CC(C)(C)OC(=O)N[C@H](C(=O)O)C12C3C4C5C3C1C5C42. The van der Waals surface area contributed by atoms with Crippen LogP contribution in [0.15, 0.2) is 0 Å². The number of aliphatic carboxylic acids is 1. The Morgan fingerprint density at radius 1 is 1.10 bits per heavy atom. The van der Waals surface area contributed by atoms with Crippen molar-refractivity contribution in [2.24, 2.45) is 46.8 Å². The predicted octanol–water partition coefficient (Wildman–Crippen LogP) is 1.33. The molecule has 6 rings (SSSR count). The Kier molecular flexibility index (Phi) is 1.55. The number of carboxylic acids is 1. The van der Waals surface area contributed by atoms with Crippen molar-refractivity contribution in [3.05, 3.63) is 0 Å². The molecule has 0 aromatic carbocycles. The molecule has 0 bridgehead atoms. The molecule has 0 spiro atoms. The van der Waals surface area contributed by atoms with E-state index in [1.54, 1.807) is 20.8 Å². The molecule has 0 unspecified atom stereocenters. The van der Waals surface area contributed by atoms with E-state index in [1.165, 1.54) is 0 Å². The lowest BCUT2D eigenvalue weighted by atomic mass is 8.96. The van der Waals surface area contributed by atoms with Crippen molar-refractivity contribution in [2.75, 3.05) is 0 Å². The molecule has 6 aliphatic carbocycles. The summed E-state index contributed by atoms with van der Waals surface area (Å²) in [4.78, 5) is 23.6. The molecule has 1 atom stereocenters. The summed E-state index contributed by atoms with van der Waals surface area (Å²) in [6.07, 6.45) is -0.599. The zero-order chi connectivity index (χ0) is 14.2. The van der Waals surface area contributed by atoms with E-state index in [0.717, 1.165) is 23.7 Å². The van der Waals surface area contributed by atoms with Crippen molar-refractivity contribution in [1.29, 1.82) is 0 Å². The van der Waals surface area contributed by atoms with E-state index in [9.17, 15) is 14.7 Å². The third kappa shape index (κ3) is 0.806. The second-order valence-electron chi connectivity index (χ2n) is 8.30. The standard InChI is InChI=1S/C15H19NO4/c1-14(2,3)20-13(19)16-11(12(17)18)15-8-5-4-6(8)10(15)7(4)9(5)15/h4-11H,1-3H3,(H,16,19)(H,17,18)/t4?,5?,6?,7?,8?,9?,10?,11-,15?/m1/s1. The molecular formula is C15H19NO4. The van der Waals surface area contributed by atoms with Gasteiger partial charge in [-0.05, 0) is 62.2 Å². The zero-order valence-corrected chi connectivity index (χ0v) is 11.8. The van der Waals surface area contributed by atoms with Gasteiger partial charge in [-0.25, -0.2) is 9.59 Å². The Morgan fingerprint density at radius 3 is 2.00 bits per heavy atom. The topological polar surface area (TPSA) is 75.6 Å². The number of hydrogen-bond acceptors (Lipinski definition) is 3. The quantitative estimate of drug-likeness (QED) is 0.816. The highest BCUT2D eigenvalue weighted by molar-refractivity contribution is 5.83. The molecule has 20 heavy (non-hydrogen) atoms. The molecular weight excluding hydrogens is 258 g/mol. The number of ether oxygens (including phenoxy) is 1. The van der Waals surface area contributed by atoms with Crippen LogP contribution in [0.2, 0.25) is 0 Å². The molecule has 2 N–H and O–H groups in total. The average molecular weight is 277 g/mol. The van der Waals surface area contributed by atoms with Gasteiger partial charge in [0.1, 0.15) is 11.6 Å². The fourth-order valence-electron chi connectivity index (χ4n) is 6.92. The van der Waals surface area contributed by atoms with Gasteiger partial charge in [-0.15, -0.1) is 0 Å². The maximum absolute atomic E-state index is 11.9. The fraction of sp³-hybridized carbons (Fsp3) is 0.867. The van der Waals surface area contributed by atoms with Crippen LogP contribution >= 0.6 is 0 Å². The molecule has 6 saturated carbocycles. The van der Waals surface area contributed by atoms with Crippen LogP contribution in [0.4, 0.5) is 4.79 Å². The molecule has 108 valence electrons. The summed E-state index contributed by atoms with van der Waals surface area (Å²) in [6.45, 7) is 5.35. The number of amides is 1. The molecule has 0 aliphatic heterocycles. The normalized spacial score (nSPS) is 55.9. The summed E-state index contributed by atoms with van der Waals surface area (Å²) >= 11 is 0.